The molecule has 0 bridgehead atoms. The van der Waals surface area contributed by atoms with E-state index in [4.69, 9.17) is 9.47 Å². The van der Waals surface area contributed by atoms with Crippen LogP contribution in [0.5, 0.6) is 11.6 Å². The number of benzene rings is 1. The Morgan fingerprint density at radius 3 is 2.59 bits per heavy atom. The summed E-state index contributed by atoms with van der Waals surface area (Å²) in [5, 5.41) is 19.7. The standard InChI is InChI=1S/C19H19FN2O5/c1-12-15(10-21)18(24)22(8-3-9-26-2)19(25)17(12)16(23)11-27-14-6-4-13(20)5-7-14/h4-7,25H,3,8-9,11H2,1-2H3. The Bertz CT molecular complexity index is 929. The molecule has 0 aliphatic rings. The van der Waals surface area contributed by atoms with Crippen molar-refractivity contribution < 1.29 is 23.8 Å². The van der Waals surface area contributed by atoms with Gasteiger partial charge in [-0.2, -0.15) is 5.26 Å². The van der Waals surface area contributed by atoms with Crippen molar-refractivity contribution in [1.29, 1.82) is 5.26 Å². The zero-order valence-corrected chi connectivity index (χ0v) is 15.0. The van der Waals surface area contributed by atoms with Gasteiger partial charge >= 0.3 is 0 Å². The van der Waals surface area contributed by atoms with Crippen molar-refractivity contribution in [3.63, 3.8) is 0 Å². The van der Waals surface area contributed by atoms with Gasteiger partial charge in [-0.05, 0) is 43.2 Å². The number of hydrogen-bond acceptors (Lipinski definition) is 6. The van der Waals surface area contributed by atoms with Crippen molar-refractivity contribution in [3.8, 4) is 17.7 Å². The number of aromatic hydroxyl groups is 1. The first kappa shape index (κ1) is 20.1. The molecule has 0 atom stereocenters. The first-order valence-electron chi connectivity index (χ1n) is 8.17. The molecule has 1 N–H and O–H groups in total. The molecule has 0 unspecified atom stereocenters. The van der Waals surface area contributed by atoms with Crippen molar-refractivity contribution in [1.82, 2.24) is 4.57 Å². The van der Waals surface area contributed by atoms with E-state index < -0.39 is 29.6 Å². The third-order valence-electron chi connectivity index (χ3n) is 3.99. The maximum Gasteiger partial charge on any atom is 0.271 e. The van der Waals surface area contributed by atoms with E-state index in [2.05, 4.69) is 0 Å². The van der Waals surface area contributed by atoms with E-state index in [9.17, 15) is 24.3 Å². The molecular formula is C19H19FN2O5. The zero-order valence-electron chi connectivity index (χ0n) is 15.0. The van der Waals surface area contributed by atoms with Gasteiger partial charge in [-0.3, -0.25) is 14.2 Å². The lowest BCUT2D eigenvalue weighted by molar-refractivity contribution is 0.0916. The summed E-state index contributed by atoms with van der Waals surface area (Å²) in [6, 6.07) is 6.89. The number of methoxy groups -OCH3 is 1. The van der Waals surface area contributed by atoms with Gasteiger partial charge < -0.3 is 14.6 Å². The molecule has 0 saturated heterocycles. The summed E-state index contributed by atoms with van der Waals surface area (Å²) in [7, 11) is 1.50. The SMILES string of the molecule is COCCCn1c(O)c(C(=O)COc2ccc(F)cc2)c(C)c(C#N)c1=O. The molecule has 0 spiro atoms. The van der Waals surface area contributed by atoms with Crippen molar-refractivity contribution in [2.24, 2.45) is 0 Å². The third kappa shape index (κ3) is 4.51. The van der Waals surface area contributed by atoms with E-state index in [1.54, 1.807) is 6.07 Å². The molecule has 8 heteroatoms. The van der Waals surface area contributed by atoms with Crippen LogP contribution in [0.1, 0.15) is 27.9 Å². The fourth-order valence-electron chi connectivity index (χ4n) is 2.61. The number of nitrogens with zero attached hydrogens (tertiary/aromatic N) is 2. The highest BCUT2D eigenvalue weighted by atomic mass is 19.1. The summed E-state index contributed by atoms with van der Waals surface area (Å²) in [5.74, 6) is -1.29. The highest BCUT2D eigenvalue weighted by Crippen LogP contribution is 2.23. The number of nitriles is 1. The minimum absolute atomic E-state index is 0.0898. The largest absolute Gasteiger partial charge is 0.494 e. The maximum absolute atomic E-state index is 12.9. The van der Waals surface area contributed by atoms with Gasteiger partial charge in [0.25, 0.3) is 5.56 Å². The molecule has 2 rings (SSSR count). The molecule has 2 aromatic rings. The predicted molar refractivity (Wildman–Crippen MR) is 94.5 cm³/mol. The number of carbonyl (C=O) groups is 1. The molecule has 142 valence electrons. The summed E-state index contributed by atoms with van der Waals surface area (Å²) < 4.78 is 24.1. The van der Waals surface area contributed by atoms with Gasteiger partial charge in [-0.15, -0.1) is 0 Å². The maximum atomic E-state index is 12.9. The second-order valence-electron chi connectivity index (χ2n) is 5.78. The predicted octanol–water partition coefficient (Wildman–Crippen LogP) is 2.17. The average molecular weight is 374 g/mol. The van der Waals surface area contributed by atoms with Gasteiger partial charge in [0.1, 0.15) is 23.2 Å². The van der Waals surface area contributed by atoms with Crippen LogP contribution in [-0.4, -0.2) is 35.8 Å². The molecule has 7 nitrogen and oxygen atoms in total. The van der Waals surface area contributed by atoms with Crippen LogP contribution in [-0.2, 0) is 11.3 Å². The van der Waals surface area contributed by atoms with Crippen LogP contribution in [0, 0.1) is 24.1 Å². The van der Waals surface area contributed by atoms with Gasteiger partial charge in [-0.25, -0.2) is 4.39 Å². The van der Waals surface area contributed by atoms with E-state index in [0.717, 1.165) is 4.57 Å². The molecule has 0 aliphatic heterocycles. The molecular weight excluding hydrogens is 355 g/mol. The Hall–Kier alpha value is -3.18. The molecule has 1 heterocycles. The molecule has 27 heavy (non-hydrogen) atoms. The van der Waals surface area contributed by atoms with Crippen molar-refractivity contribution in [3.05, 3.63) is 57.1 Å². The molecule has 1 aromatic carbocycles. The van der Waals surface area contributed by atoms with Crippen LogP contribution in [0.4, 0.5) is 4.39 Å². The average Bonchev–Trinajstić information content (AvgIpc) is 2.64. The van der Waals surface area contributed by atoms with Crippen molar-refractivity contribution in [2.75, 3.05) is 20.3 Å². The van der Waals surface area contributed by atoms with Crippen LogP contribution < -0.4 is 10.3 Å². The Kier molecular flexibility index (Phi) is 6.68. The van der Waals surface area contributed by atoms with E-state index >= 15 is 0 Å². The number of Topliss-reactive ketones (excluding diaryl/α,β-unsaturated/α-hetero) is 1. The smallest absolute Gasteiger partial charge is 0.271 e. The summed E-state index contributed by atoms with van der Waals surface area (Å²) in [5.41, 5.74) is -0.934. The monoisotopic (exact) mass is 374 g/mol. The zero-order chi connectivity index (χ0) is 20.0. The quantitative estimate of drug-likeness (QED) is 0.561. The Morgan fingerprint density at radius 2 is 2.00 bits per heavy atom. The number of ether oxygens (including phenoxy) is 2. The minimum atomic E-state index is -0.667. The Balaban J connectivity index is 2.34. The summed E-state index contributed by atoms with van der Waals surface area (Å²) in [6.07, 6.45) is 0.414. The topological polar surface area (TPSA) is 102 Å². The van der Waals surface area contributed by atoms with E-state index in [0.29, 0.717) is 13.0 Å². The first-order chi connectivity index (χ1) is 12.9. The highest BCUT2D eigenvalue weighted by Gasteiger charge is 2.24. The lowest BCUT2D eigenvalue weighted by Crippen LogP contribution is -2.28. The van der Waals surface area contributed by atoms with Crippen molar-refractivity contribution in [2.45, 2.75) is 19.9 Å². The molecule has 0 amide bonds. The highest BCUT2D eigenvalue weighted by molar-refractivity contribution is 6.01. The number of hydrogen-bond donors (Lipinski definition) is 1. The van der Waals surface area contributed by atoms with Crippen LogP contribution >= 0.6 is 0 Å². The van der Waals surface area contributed by atoms with Gasteiger partial charge in [0.15, 0.2) is 6.61 Å². The number of rotatable bonds is 8. The van der Waals surface area contributed by atoms with Gasteiger partial charge in [0, 0.05) is 20.3 Å². The fourth-order valence-corrected chi connectivity index (χ4v) is 2.61. The molecule has 0 aliphatic carbocycles. The van der Waals surface area contributed by atoms with E-state index in [-0.39, 0.29) is 29.0 Å². The molecule has 0 radical (unpaired) electrons. The second kappa shape index (κ2) is 8.96. The molecule has 0 fully saturated rings. The number of pyridine rings is 1. The van der Waals surface area contributed by atoms with Crippen LogP contribution in [0.25, 0.3) is 0 Å². The number of halogens is 1. The van der Waals surface area contributed by atoms with E-state index in [1.165, 1.54) is 38.3 Å². The van der Waals surface area contributed by atoms with Crippen LogP contribution in [0.15, 0.2) is 29.1 Å². The summed E-state index contributed by atoms with van der Waals surface area (Å²) in [4.78, 5) is 25.0. The van der Waals surface area contributed by atoms with Gasteiger partial charge in [0.05, 0.1) is 5.56 Å². The lowest BCUT2D eigenvalue weighted by Gasteiger charge is -2.15. The van der Waals surface area contributed by atoms with Gasteiger partial charge in [-0.1, -0.05) is 0 Å². The van der Waals surface area contributed by atoms with Crippen molar-refractivity contribution >= 4 is 5.78 Å². The second-order valence-corrected chi connectivity index (χ2v) is 5.78. The Labute approximate surface area is 155 Å². The van der Waals surface area contributed by atoms with Crippen LogP contribution in [0.3, 0.4) is 0 Å². The number of carbonyl (C=O) groups excluding carboxylic acids is 1. The normalized spacial score (nSPS) is 10.4. The van der Waals surface area contributed by atoms with Gasteiger partial charge in [0.2, 0.25) is 11.7 Å². The minimum Gasteiger partial charge on any atom is -0.494 e. The molecule has 1 aromatic heterocycles. The van der Waals surface area contributed by atoms with E-state index in [1.807, 2.05) is 0 Å². The lowest BCUT2D eigenvalue weighted by atomic mass is 10.0. The van der Waals surface area contributed by atoms with Crippen LogP contribution in [0.2, 0.25) is 0 Å². The summed E-state index contributed by atoms with van der Waals surface area (Å²) in [6.45, 7) is 1.41. The Morgan fingerprint density at radius 1 is 1.33 bits per heavy atom. The third-order valence-corrected chi connectivity index (χ3v) is 3.99. The summed E-state index contributed by atoms with van der Waals surface area (Å²) >= 11 is 0. The first-order valence-corrected chi connectivity index (χ1v) is 8.17. The molecule has 0 saturated carbocycles. The fraction of sp³-hybridized carbons (Fsp3) is 0.316. The number of aromatic nitrogens is 1. The number of ketones is 1.